The Bertz CT molecular complexity index is 698. The minimum atomic E-state index is 0.714. The lowest BCUT2D eigenvalue weighted by Crippen LogP contribution is -2.14. The molecule has 0 radical (unpaired) electrons. The summed E-state index contributed by atoms with van der Waals surface area (Å²) in [7, 11) is 1.67. The van der Waals surface area contributed by atoms with Crippen LogP contribution in [0.4, 0.5) is 0 Å². The van der Waals surface area contributed by atoms with E-state index in [-0.39, 0.29) is 0 Å². The smallest absolute Gasteiger partial charge is 0.237 e. The van der Waals surface area contributed by atoms with Crippen LogP contribution < -0.4 is 10.1 Å². The number of methoxy groups -OCH3 is 1. The first kappa shape index (κ1) is 13.6. The monoisotopic (exact) mass is 307 g/mol. The molecule has 0 atom stereocenters. The summed E-state index contributed by atoms with van der Waals surface area (Å²) in [5.74, 6) is 0.714. The number of hydrogen-bond acceptors (Lipinski definition) is 5. The van der Waals surface area contributed by atoms with Gasteiger partial charge in [0.1, 0.15) is 5.69 Å². The zero-order valence-electron chi connectivity index (χ0n) is 11.5. The predicted octanol–water partition coefficient (Wildman–Crippen LogP) is 3.32. The van der Waals surface area contributed by atoms with Crippen molar-refractivity contribution in [2.75, 3.05) is 7.11 Å². The van der Waals surface area contributed by atoms with Crippen LogP contribution in [0.5, 0.6) is 5.88 Å². The van der Waals surface area contributed by atoms with Crippen LogP contribution >= 0.6 is 22.7 Å². The maximum Gasteiger partial charge on any atom is 0.237 e. The Morgan fingerprint density at radius 1 is 1.30 bits per heavy atom. The van der Waals surface area contributed by atoms with Crippen molar-refractivity contribution >= 4 is 27.6 Å². The molecule has 1 N–H and O–H groups in total. The van der Waals surface area contributed by atoms with Gasteiger partial charge in [-0.05, 0) is 23.4 Å². The van der Waals surface area contributed by atoms with E-state index in [0.29, 0.717) is 5.88 Å². The molecular formula is C14H17N3OS2. The van der Waals surface area contributed by atoms with Gasteiger partial charge in [-0.25, -0.2) is 0 Å². The van der Waals surface area contributed by atoms with Gasteiger partial charge in [0.05, 0.1) is 7.11 Å². The molecule has 0 bridgehead atoms. The fourth-order valence-corrected chi connectivity index (χ4v) is 3.94. The molecule has 0 aliphatic rings. The number of aryl methyl sites for hydroxylation is 1. The van der Waals surface area contributed by atoms with Crippen molar-refractivity contribution in [2.24, 2.45) is 0 Å². The second-order valence-corrected chi connectivity index (χ2v) is 6.32. The quantitative estimate of drug-likeness (QED) is 0.759. The van der Waals surface area contributed by atoms with Crippen molar-refractivity contribution in [3.05, 3.63) is 39.2 Å². The molecule has 3 rings (SSSR count). The summed E-state index contributed by atoms with van der Waals surface area (Å²) in [6.45, 7) is 3.84. The van der Waals surface area contributed by atoms with E-state index in [2.05, 4.69) is 33.1 Å². The van der Waals surface area contributed by atoms with E-state index in [4.69, 9.17) is 4.74 Å². The Morgan fingerprint density at radius 3 is 3.00 bits per heavy atom. The molecule has 0 aromatic carbocycles. The van der Waals surface area contributed by atoms with E-state index in [9.17, 15) is 0 Å². The Balaban J connectivity index is 1.72. The molecule has 3 aromatic rings. The molecule has 0 spiro atoms. The Morgan fingerprint density at radius 2 is 2.20 bits per heavy atom. The summed E-state index contributed by atoms with van der Waals surface area (Å²) >= 11 is 3.43. The number of thiazole rings is 1. The van der Waals surface area contributed by atoms with Gasteiger partial charge in [0, 0.05) is 29.5 Å². The maximum absolute atomic E-state index is 5.36. The topological polar surface area (TPSA) is 38.6 Å². The number of rotatable bonds is 6. The van der Waals surface area contributed by atoms with Crippen LogP contribution in [0.25, 0.3) is 4.96 Å². The molecule has 6 heteroatoms. The van der Waals surface area contributed by atoms with Crippen molar-refractivity contribution in [1.29, 1.82) is 0 Å². The van der Waals surface area contributed by atoms with Gasteiger partial charge in [-0.3, -0.25) is 4.40 Å². The summed E-state index contributed by atoms with van der Waals surface area (Å²) in [6, 6.07) is 2.21. The molecule has 0 saturated heterocycles. The average molecular weight is 307 g/mol. The summed E-state index contributed by atoms with van der Waals surface area (Å²) < 4.78 is 7.45. The second-order valence-electron chi connectivity index (χ2n) is 4.45. The maximum atomic E-state index is 5.36. The number of ether oxygens (including phenoxy) is 1. The predicted molar refractivity (Wildman–Crippen MR) is 83.9 cm³/mol. The van der Waals surface area contributed by atoms with E-state index in [1.165, 1.54) is 10.4 Å². The zero-order chi connectivity index (χ0) is 13.9. The highest BCUT2D eigenvalue weighted by molar-refractivity contribution is 7.15. The highest BCUT2D eigenvalue weighted by atomic mass is 32.1. The SMILES string of the molecule is CCc1ccsc1CNCc1c(OC)nc2sccn12. The molecule has 0 amide bonds. The first-order chi connectivity index (χ1) is 9.83. The first-order valence-corrected chi connectivity index (χ1v) is 8.33. The summed E-state index contributed by atoms with van der Waals surface area (Å²) in [6.07, 6.45) is 3.13. The van der Waals surface area contributed by atoms with Crippen molar-refractivity contribution < 1.29 is 4.74 Å². The lowest BCUT2D eigenvalue weighted by atomic mass is 10.2. The minimum absolute atomic E-state index is 0.714. The Kier molecular flexibility index (Phi) is 4.05. The highest BCUT2D eigenvalue weighted by Gasteiger charge is 2.13. The largest absolute Gasteiger partial charge is 0.480 e. The van der Waals surface area contributed by atoms with Gasteiger partial charge in [-0.15, -0.1) is 22.7 Å². The van der Waals surface area contributed by atoms with Gasteiger partial charge in [-0.1, -0.05) is 6.92 Å². The number of imidazole rings is 1. The van der Waals surface area contributed by atoms with E-state index >= 15 is 0 Å². The Hall–Kier alpha value is -1.37. The van der Waals surface area contributed by atoms with Crippen LogP contribution in [-0.4, -0.2) is 16.5 Å². The molecule has 106 valence electrons. The minimum Gasteiger partial charge on any atom is -0.480 e. The second kappa shape index (κ2) is 5.95. The lowest BCUT2D eigenvalue weighted by molar-refractivity contribution is 0.393. The van der Waals surface area contributed by atoms with Crippen LogP contribution in [-0.2, 0) is 19.5 Å². The van der Waals surface area contributed by atoms with Crippen LogP contribution in [0, 0.1) is 0 Å². The third-order valence-corrected chi connectivity index (χ3v) is 5.03. The molecule has 0 unspecified atom stereocenters. The van der Waals surface area contributed by atoms with Crippen molar-refractivity contribution in [3.8, 4) is 5.88 Å². The van der Waals surface area contributed by atoms with E-state index < -0.39 is 0 Å². The van der Waals surface area contributed by atoms with Crippen molar-refractivity contribution in [3.63, 3.8) is 0 Å². The van der Waals surface area contributed by atoms with Gasteiger partial charge < -0.3 is 10.1 Å². The average Bonchev–Trinajstić information content (AvgIpc) is 3.14. The fourth-order valence-electron chi connectivity index (χ4n) is 2.27. The molecule has 20 heavy (non-hydrogen) atoms. The van der Waals surface area contributed by atoms with Crippen molar-refractivity contribution in [1.82, 2.24) is 14.7 Å². The van der Waals surface area contributed by atoms with Crippen LogP contribution in [0.3, 0.4) is 0 Å². The Labute approximate surface area is 126 Å². The van der Waals surface area contributed by atoms with Crippen molar-refractivity contribution in [2.45, 2.75) is 26.4 Å². The number of fused-ring (bicyclic) bond motifs is 1. The number of nitrogens with one attached hydrogen (secondary N) is 1. The van der Waals surface area contributed by atoms with E-state index in [1.807, 2.05) is 22.9 Å². The molecule has 0 aliphatic heterocycles. The van der Waals surface area contributed by atoms with Gasteiger partial charge >= 0.3 is 0 Å². The normalized spacial score (nSPS) is 11.3. The fraction of sp³-hybridized carbons (Fsp3) is 0.357. The number of aromatic nitrogens is 2. The number of hydrogen-bond donors (Lipinski definition) is 1. The van der Waals surface area contributed by atoms with Gasteiger partial charge in [0.25, 0.3) is 0 Å². The molecule has 0 fully saturated rings. The standard InChI is InChI=1S/C14H17N3OS2/c1-3-10-4-6-19-12(10)9-15-8-11-13(18-2)16-14-17(11)5-7-20-14/h4-7,15H,3,8-9H2,1-2H3. The molecular weight excluding hydrogens is 290 g/mol. The molecule has 3 aromatic heterocycles. The van der Waals surface area contributed by atoms with Crippen LogP contribution in [0.1, 0.15) is 23.1 Å². The summed E-state index contributed by atoms with van der Waals surface area (Å²) in [5, 5.41) is 7.70. The van der Waals surface area contributed by atoms with E-state index in [0.717, 1.165) is 30.2 Å². The lowest BCUT2D eigenvalue weighted by Gasteiger charge is -2.06. The van der Waals surface area contributed by atoms with Crippen LogP contribution in [0.2, 0.25) is 0 Å². The molecule has 4 nitrogen and oxygen atoms in total. The first-order valence-electron chi connectivity index (χ1n) is 6.57. The van der Waals surface area contributed by atoms with Crippen LogP contribution in [0.15, 0.2) is 23.0 Å². The zero-order valence-corrected chi connectivity index (χ0v) is 13.2. The molecule has 0 saturated carbocycles. The van der Waals surface area contributed by atoms with Gasteiger partial charge in [-0.2, -0.15) is 4.98 Å². The van der Waals surface area contributed by atoms with Gasteiger partial charge in [0.2, 0.25) is 5.88 Å². The van der Waals surface area contributed by atoms with E-state index in [1.54, 1.807) is 18.4 Å². The summed E-state index contributed by atoms with van der Waals surface area (Å²) in [4.78, 5) is 6.85. The third kappa shape index (κ3) is 2.46. The summed E-state index contributed by atoms with van der Waals surface area (Å²) in [5.41, 5.74) is 2.52. The highest BCUT2D eigenvalue weighted by Crippen LogP contribution is 2.23. The number of thiophene rings is 1. The molecule has 3 heterocycles. The van der Waals surface area contributed by atoms with Gasteiger partial charge in [0.15, 0.2) is 4.96 Å². The third-order valence-electron chi connectivity index (χ3n) is 3.31. The number of nitrogens with zero attached hydrogens (tertiary/aromatic N) is 2. The molecule has 0 aliphatic carbocycles.